The Morgan fingerprint density at radius 1 is 1.00 bits per heavy atom. The molecule has 0 fully saturated rings. The second-order valence-corrected chi connectivity index (χ2v) is 10.4. The Hall–Kier alpha value is -3.91. The fourth-order valence-electron chi connectivity index (χ4n) is 4.81. The van der Waals surface area contributed by atoms with E-state index in [0.29, 0.717) is 18.8 Å². The van der Waals surface area contributed by atoms with E-state index in [4.69, 9.17) is 20.4 Å². The smallest absolute Gasteiger partial charge is 0.490 e. The van der Waals surface area contributed by atoms with Gasteiger partial charge in [-0.3, -0.25) is 14.4 Å². The number of benzene rings is 1. The van der Waals surface area contributed by atoms with E-state index in [1.165, 1.54) is 19.9 Å². The van der Waals surface area contributed by atoms with E-state index < -0.39 is 40.7 Å². The van der Waals surface area contributed by atoms with E-state index in [2.05, 4.69) is 10.6 Å². The van der Waals surface area contributed by atoms with Crippen molar-refractivity contribution in [3.05, 3.63) is 39.8 Å². The molecule has 1 aliphatic carbocycles. The number of hydrogen-bond donors (Lipinski definition) is 6. The molecule has 1 aliphatic heterocycles. The molecule has 11 nitrogen and oxygen atoms in total. The molecule has 238 valence electrons. The first-order valence-electron chi connectivity index (χ1n) is 13.8. The average molecular weight is 614 g/mol. The van der Waals surface area contributed by atoms with E-state index >= 15 is 0 Å². The number of rotatable bonds is 12. The second-order valence-electron chi connectivity index (χ2n) is 10.4. The van der Waals surface area contributed by atoms with Gasteiger partial charge in [-0.15, -0.1) is 0 Å². The molecule has 7 N–H and O–H groups in total. The van der Waals surface area contributed by atoms with E-state index in [9.17, 15) is 37.8 Å². The highest BCUT2D eigenvalue weighted by Gasteiger charge is 2.56. The van der Waals surface area contributed by atoms with E-state index in [1.54, 1.807) is 13.8 Å². The lowest BCUT2D eigenvalue weighted by Crippen LogP contribution is -2.41. The van der Waals surface area contributed by atoms with Gasteiger partial charge in [0, 0.05) is 23.9 Å². The zero-order valence-corrected chi connectivity index (χ0v) is 24.5. The first kappa shape index (κ1) is 35.3. The van der Waals surface area contributed by atoms with Gasteiger partial charge in [0.15, 0.2) is 17.3 Å². The normalized spacial score (nSPS) is 18.6. The minimum Gasteiger partial charge on any atom is -0.507 e. The molecule has 0 amide bonds. The maximum atomic E-state index is 13.7. The van der Waals surface area contributed by atoms with Gasteiger partial charge in [0.1, 0.15) is 34.0 Å². The van der Waals surface area contributed by atoms with Crippen LogP contribution >= 0.6 is 0 Å². The van der Waals surface area contributed by atoms with Crippen molar-refractivity contribution in [2.45, 2.75) is 71.4 Å². The van der Waals surface area contributed by atoms with Gasteiger partial charge in [-0.1, -0.05) is 12.8 Å². The second kappa shape index (κ2) is 14.5. The maximum Gasteiger partial charge on any atom is 0.490 e. The highest BCUT2D eigenvalue weighted by molar-refractivity contribution is 6.31. The highest BCUT2D eigenvalue weighted by atomic mass is 19.4. The summed E-state index contributed by atoms with van der Waals surface area (Å²) < 4.78 is 37.5. The summed E-state index contributed by atoms with van der Waals surface area (Å²) in [5.74, 6) is -5.04. The monoisotopic (exact) mass is 613 g/mol. The number of carbonyl (C=O) groups is 4. The summed E-state index contributed by atoms with van der Waals surface area (Å²) in [6.07, 6.45) is 1.18. The number of carboxylic acids is 1. The van der Waals surface area contributed by atoms with Crippen LogP contribution in [0.3, 0.4) is 0 Å². The summed E-state index contributed by atoms with van der Waals surface area (Å²) >= 11 is 0. The van der Waals surface area contributed by atoms with Gasteiger partial charge < -0.3 is 36.4 Å². The molecule has 0 spiro atoms. The zero-order valence-electron chi connectivity index (χ0n) is 24.5. The number of hydrogen-bond acceptors (Lipinski definition) is 10. The van der Waals surface area contributed by atoms with Crippen LogP contribution in [0, 0.1) is 6.92 Å². The highest BCUT2D eigenvalue weighted by Crippen LogP contribution is 2.57. The minimum atomic E-state index is -5.08. The van der Waals surface area contributed by atoms with Crippen LogP contribution < -0.4 is 21.1 Å². The molecule has 0 aromatic heterocycles. The predicted molar refractivity (Wildman–Crippen MR) is 150 cm³/mol. The lowest BCUT2D eigenvalue weighted by Gasteiger charge is -2.29. The molecule has 14 heteroatoms. The third-order valence-corrected chi connectivity index (χ3v) is 7.23. The van der Waals surface area contributed by atoms with Crippen LogP contribution in [0.1, 0.15) is 74.4 Å². The number of alkyl halides is 3. The number of aliphatic carboxylic acids is 1. The number of Topliss-reactive ketones (excluding diaryl/α,β-unsaturated/α-hetero) is 2. The Bertz CT molecular complexity index is 1340. The summed E-state index contributed by atoms with van der Waals surface area (Å²) in [4.78, 5) is 47.8. The number of phenols is 2. The van der Waals surface area contributed by atoms with Gasteiger partial charge in [0.2, 0.25) is 0 Å². The SMILES string of the molecule is CC(=O)c1c(O)c(C)c(O)c2c1OC1=CC(=O)/C(=C(/C)NCCCCCCNCCCN)C(=O)[C@@]12C.O=C(O)C(F)(F)F. The van der Waals surface area contributed by atoms with Crippen molar-refractivity contribution in [3.8, 4) is 17.2 Å². The van der Waals surface area contributed by atoms with Crippen LogP contribution in [-0.4, -0.2) is 71.0 Å². The predicted octanol–water partition coefficient (Wildman–Crippen LogP) is 3.29. The molecule has 1 aromatic rings. The molecule has 43 heavy (non-hydrogen) atoms. The van der Waals surface area contributed by atoms with E-state index in [0.717, 1.165) is 45.2 Å². The molecule has 0 saturated heterocycles. The van der Waals surface area contributed by atoms with Crippen molar-refractivity contribution < 1.29 is 52.4 Å². The lowest BCUT2D eigenvalue weighted by molar-refractivity contribution is -0.192. The topological polar surface area (TPSA) is 188 Å². The van der Waals surface area contributed by atoms with Crippen LogP contribution in [0.5, 0.6) is 17.2 Å². The zero-order chi connectivity index (χ0) is 32.7. The largest absolute Gasteiger partial charge is 0.507 e. The van der Waals surface area contributed by atoms with Gasteiger partial charge in [-0.2, -0.15) is 13.2 Å². The molecule has 1 aromatic carbocycles. The summed E-state index contributed by atoms with van der Waals surface area (Å²) in [5, 5.41) is 35.0. The molecule has 1 atom stereocenters. The summed E-state index contributed by atoms with van der Waals surface area (Å²) in [5.41, 5.74) is 4.48. The van der Waals surface area contributed by atoms with Gasteiger partial charge in [-0.05, 0) is 66.6 Å². The fraction of sp³-hybridized carbons (Fsp3) is 0.517. The molecular weight excluding hydrogens is 575 g/mol. The van der Waals surface area contributed by atoms with Crippen molar-refractivity contribution in [3.63, 3.8) is 0 Å². The Labute approximate surface area is 247 Å². The van der Waals surface area contributed by atoms with E-state index in [1.807, 2.05) is 0 Å². The van der Waals surface area contributed by atoms with E-state index in [-0.39, 0.29) is 39.5 Å². The van der Waals surface area contributed by atoms with Gasteiger partial charge >= 0.3 is 12.1 Å². The summed E-state index contributed by atoms with van der Waals surface area (Å²) in [6.45, 7) is 9.18. The number of halogens is 3. The average Bonchev–Trinajstić information content (AvgIpc) is 3.20. The number of carboxylic acid groups (broad SMARTS) is 1. The van der Waals surface area contributed by atoms with Crippen molar-refractivity contribution in [1.29, 1.82) is 0 Å². The molecule has 2 aliphatic rings. The Kier molecular flexibility index (Phi) is 11.9. The van der Waals surface area contributed by atoms with Crippen LogP contribution in [-0.2, 0) is 19.8 Å². The quantitative estimate of drug-likeness (QED) is 0.0879. The van der Waals surface area contributed by atoms with Crippen molar-refractivity contribution in [2.75, 3.05) is 26.2 Å². The van der Waals surface area contributed by atoms with Gasteiger partial charge in [-0.25, -0.2) is 4.79 Å². The number of allylic oxidation sites excluding steroid dienone is 4. The molecule has 1 heterocycles. The first-order valence-corrected chi connectivity index (χ1v) is 13.8. The Morgan fingerprint density at radius 3 is 2.09 bits per heavy atom. The van der Waals surface area contributed by atoms with Gasteiger partial charge in [0.05, 0.1) is 11.1 Å². The number of fused-ring (bicyclic) bond motifs is 3. The number of ether oxygens (including phenoxy) is 1. The number of carbonyl (C=O) groups excluding carboxylic acids is 3. The molecule has 3 rings (SSSR count). The van der Waals surface area contributed by atoms with Crippen LogP contribution in [0.4, 0.5) is 13.2 Å². The number of aromatic hydroxyl groups is 2. The maximum absolute atomic E-state index is 13.7. The Morgan fingerprint density at radius 2 is 1.56 bits per heavy atom. The molecule has 0 radical (unpaired) electrons. The standard InChI is InChI=1S/C27H37N3O6.C2HF3O2/c1-15-23(33)21(17(3)31)25-22(24(15)34)27(4)19(36-25)14-18(32)20(26(27)35)16(2)30-13-8-6-5-7-11-29-12-9-10-28;3-2(4,5)1(6)7/h14,29-30,33-34H,5-13,28H2,1-4H3;(H,6,7)/b20-16+;/t27-;/m0./s1. The van der Waals surface area contributed by atoms with Crippen LogP contribution in [0.25, 0.3) is 0 Å². The number of ketones is 3. The fourth-order valence-corrected chi connectivity index (χ4v) is 4.81. The molecule has 0 saturated carbocycles. The minimum absolute atomic E-state index is 0.00342. The van der Waals surface area contributed by atoms with Crippen LogP contribution in [0.15, 0.2) is 23.1 Å². The summed E-state index contributed by atoms with van der Waals surface area (Å²) in [6, 6.07) is 0. The molecule has 0 unspecified atom stereocenters. The number of unbranched alkanes of at least 4 members (excludes halogenated alkanes) is 3. The number of nitrogens with one attached hydrogen (secondary N) is 2. The van der Waals surface area contributed by atoms with Crippen molar-refractivity contribution >= 4 is 23.3 Å². The summed E-state index contributed by atoms with van der Waals surface area (Å²) in [7, 11) is 0. The number of phenolic OH excluding ortho intramolecular Hbond substituents is 2. The van der Waals surface area contributed by atoms with Crippen molar-refractivity contribution in [1.82, 2.24) is 10.6 Å². The third-order valence-electron chi connectivity index (χ3n) is 7.23. The first-order chi connectivity index (χ1) is 20.0. The molecule has 0 bridgehead atoms. The number of nitrogens with two attached hydrogens (primary N) is 1. The van der Waals surface area contributed by atoms with Gasteiger partial charge in [0.25, 0.3) is 0 Å². The lowest BCUT2D eigenvalue weighted by atomic mass is 9.70. The Balaban J connectivity index is 0.000000821. The third kappa shape index (κ3) is 7.73. The van der Waals surface area contributed by atoms with Crippen LogP contribution in [0.2, 0.25) is 0 Å². The molecular formula is C29H38F3N3O8. The van der Waals surface area contributed by atoms with Crippen molar-refractivity contribution in [2.24, 2.45) is 5.73 Å².